The minimum absolute atomic E-state index is 0.0300. The average molecular weight is 525 g/mol. The Kier molecular flexibility index (Phi) is 8.24. The number of benzene rings is 2. The highest BCUT2D eigenvalue weighted by Gasteiger charge is 2.26. The summed E-state index contributed by atoms with van der Waals surface area (Å²) in [6, 6.07) is 12.7. The van der Waals surface area contributed by atoms with Crippen molar-refractivity contribution in [1.29, 1.82) is 0 Å². The molecule has 1 aromatic heterocycles. The van der Waals surface area contributed by atoms with E-state index in [2.05, 4.69) is 26.1 Å². The van der Waals surface area contributed by atoms with Crippen molar-refractivity contribution in [3.63, 3.8) is 0 Å². The van der Waals surface area contributed by atoms with Gasteiger partial charge in [-0.1, -0.05) is 38.1 Å². The van der Waals surface area contributed by atoms with E-state index in [-0.39, 0.29) is 16.9 Å². The van der Waals surface area contributed by atoms with Crippen molar-refractivity contribution >= 4 is 38.6 Å². The summed E-state index contributed by atoms with van der Waals surface area (Å²) in [4.78, 5) is 33.9. The van der Waals surface area contributed by atoms with Gasteiger partial charge < -0.3 is 10.3 Å². The smallest absolute Gasteiger partial charge is 0.261 e. The van der Waals surface area contributed by atoms with Crippen molar-refractivity contribution in [2.24, 2.45) is 4.99 Å². The van der Waals surface area contributed by atoms with E-state index < -0.39 is 27.9 Å². The quantitative estimate of drug-likeness (QED) is 0.319. The standard InChI is InChI=1S/C26H32N6O4S/c1-3-32(4-2)37(35,36)20-10-7-9-18(15-20)25(33)29-23(26(34)31-30-24-13-8-14-27-24)16-19-17-28-22-12-6-5-11-21(19)22/h5-7,9-12,15,17,23,28H,3-4,8,13-14,16H2,1-2H3,(H,27,30)(H,29,33)(H,31,34)/t23-/m1/s1. The Bertz CT molecular complexity index is 1410. The first-order valence-corrected chi connectivity index (χ1v) is 13.8. The second-order valence-corrected chi connectivity index (χ2v) is 10.7. The number of amides is 2. The van der Waals surface area contributed by atoms with E-state index in [0.29, 0.717) is 25.5 Å². The number of rotatable bonds is 9. The Morgan fingerprint density at radius 2 is 1.89 bits per heavy atom. The monoisotopic (exact) mass is 524 g/mol. The van der Waals surface area contributed by atoms with Crippen LogP contribution in [0.25, 0.3) is 10.9 Å². The Morgan fingerprint density at radius 3 is 2.62 bits per heavy atom. The number of nitrogens with zero attached hydrogens (tertiary/aromatic N) is 2. The van der Waals surface area contributed by atoms with Gasteiger partial charge in [-0.25, -0.2) is 8.42 Å². The van der Waals surface area contributed by atoms with Crippen LogP contribution in [0, 0.1) is 0 Å². The fourth-order valence-corrected chi connectivity index (χ4v) is 5.85. The highest BCUT2D eigenvalue weighted by atomic mass is 32.2. The molecular weight excluding hydrogens is 492 g/mol. The summed E-state index contributed by atoms with van der Waals surface area (Å²) < 4.78 is 27.2. The van der Waals surface area contributed by atoms with Crippen molar-refractivity contribution in [3.8, 4) is 0 Å². The molecule has 0 aliphatic carbocycles. The lowest BCUT2D eigenvalue weighted by Crippen LogP contribution is -2.53. The first kappa shape index (κ1) is 26.4. The Labute approximate surface area is 216 Å². The fraction of sp³-hybridized carbons (Fsp3) is 0.346. The molecule has 37 heavy (non-hydrogen) atoms. The fourth-order valence-electron chi connectivity index (χ4n) is 4.34. The van der Waals surface area contributed by atoms with Gasteiger partial charge in [-0.15, -0.1) is 0 Å². The van der Waals surface area contributed by atoms with Crippen LogP contribution in [-0.2, 0) is 21.2 Å². The number of aromatic amines is 1. The maximum absolute atomic E-state index is 13.2. The summed E-state index contributed by atoms with van der Waals surface area (Å²) in [6.07, 6.45) is 3.71. The number of para-hydroxylation sites is 1. The lowest BCUT2D eigenvalue weighted by atomic mass is 10.0. The molecule has 11 heteroatoms. The first-order chi connectivity index (χ1) is 17.8. The third kappa shape index (κ3) is 6.00. The molecule has 10 nitrogen and oxygen atoms in total. The Balaban J connectivity index is 1.57. The van der Waals surface area contributed by atoms with Crippen LogP contribution in [0.2, 0.25) is 0 Å². The molecule has 0 radical (unpaired) electrons. The zero-order valence-corrected chi connectivity index (χ0v) is 21.8. The van der Waals surface area contributed by atoms with Gasteiger partial charge in [0.2, 0.25) is 10.0 Å². The molecule has 4 rings (SSSR count). The maximum Gasteiger partial charge on any atom is 0.261 e. The Morgan fingerprint density at radius 1 is 1.11 bits per heavy atom. The van der Waals surface area contributed by atoms with E-state index in [1.165, 1.54) is 28.6 Å². The van der Waals surface area contributed by atoms with E-state index in [0.717, 1.165) is 29.3 Å². The van der Waals surface area contributed by atoms with Crippen molar-refractivity contribution in [2.75, 3.05) is 19.6 Å². The third-order valence-corrected chi connectivity index (χ3v) is 8.41. The number of H-pyrrole nitrogens is 1. The van der Waals surface area contributed by atoms with Crippen molar-refractivity contribution in [3.05, 3.63) is 65.9 Å². The number of sulfonamides is 1. The summed E-state index contributed by atoms with van der Waals surface area (Å²) in [5.41, 5.74) is 7.46. The number of carbonyl (C=O) groups excluding carboxylic acids is 2. The van der Waals surface area contributed by atoms with Crippen LogP contribution >= 0.6 is 0 Å². The first-order valence-electron chi connectivity index (χ1n) is 12.4. The van der Waals surface area contributed by atoms with Crippen molar-refractivity contribution in [1.82, 2.24) is 25.5 Å². The van der Waals surface area contributed by atoms with Crippen LogP contribution < -0.4 is 16.2 Å². The van der Waals surface area contributed by atoms with Crippen molar-refractivity contribution in [2.45, 2.75) is 44.0 Å². The summed E-state index contributed by atoms with van der Waals surface area (Å²) >= 11 is 0. The number of aliphatic imine (C=N–C) groups is 1. The summed E-state index contributed by atoms with van der Waals surface area (Å²) in [7, 11) is -3.74. The number of hydrogen-bond acceptors (Lipinski definition) is 6. The van der Waals surface area contributed by atoms with Gasteiger partial charge in [0, 0.05) is 55.1 Å². The van der Waals surface area contributed by atoms with Crippen LogP contribution in [0.1, 0.15) is 42.6 Å². The molecule has 0 unspecified atom stereocenters. The van der Waals surface area contributed by atoms with Gasteiger partial charge in [0.25, 0.3) is 11.8 Å². The number of nitrogens with one attached hydrogen (secondary N) is 4. The number of hydrazine groups is 1. The molecule has 196 valence electrons. The van der Waals surface area contributed by atoms with Crippen molar-refractivity contribution < 1.29 is 18.0 Å². The molecular formula is C26H32N6O4S. The van der Waals surface area contributed by atoms with Gasteiger partial charge in [-0.3, -0.25) is 25.4 Å². The molecule has 1 atom stereocenters. The third-order valence-electron chi connectivity index (χ3n) is 6.36. The zero-order valence-electron chi connectivity index (χ0n) is 21.0. The summed E-state index contributed by atoms with van der Waals surface area (Å²) in [6.45, 7) is 4.87. The van der Waals surface area contributed by atoms with Crippen LogP contribution in [0.5, 0.6) is 0 Å². The van der Waals surface area contributed by atoms with E-state index in [9.17, 15) is 18.0 Å². The average Bonchev–Trinajstić information content (AvgIpc) is 3.58. The number of amidine groups is 1. The van der Waals surface area contributed by atoms with Crippen LogP contribution in [0.15, 0.2) is 64.6 Å². The molecule has 2 amide bonds. The lowest BCUT2D eigenvalue weighted by Gasteiger charge is -2.20. The number of hydrogen-bond donors (Lipinski definition) is 4. The van der Waals surface area contributed by atoms with E-state index >= 15 is 0 Å². The van der Waals surface area contributed by atoms with Gasteiger partial charge in [-0.05, 0) is 36.2 Å². The van der Waals surface area contributed by atoms with E-state index in [1.54, 1.807) is 13.8 Å². The lowest BCUT2D eigenvalue weighted by molar-refractivity contribution is -0.123. The molecule has 1 aliphatic rings. The summed E-state index contributed by atoms with van der Waals surface area (Å²) in [5, 5.41) is 3.75. The predicted octanol–water partition coefficient (Wildman–Crippen LogP) is 2.35. The SMILES string of the molecule is CCN(CC)S(=O)(=O)c1cccc(C(=O)N[C@H](Cc2c[nH]c3ccccc23)C(=O)NNC2=NCCC2)c1. The highest BCUT2D eigenvalue weighted by molar-refractivity contribution is 7.89. The molecule has 4 N–H and O–H groups in total. The van der Waals surface area contributed by atoms with Gasteiger partial charge in [-0.2, -0.15) is 4.31 Å². The molecule has 1 aliphatic heterocycles. The topological polar surface area (TPSA) is 136 Å². The molecule has 2 aromatic carbocycles. The second-order valence-electron chi connectivity index (χ2n) is 8.75. The van der Waals surface area contributed by atoms with E-state index in [1.807, 2.05) is 30.5 Å². The molecule has 0 bridgehead atoms. The predicted molar refractivity (Wildman–Crippen MR) is 143 cm³/mol. The van der Waals surface area contributed by atoms with Gasteiger partial charge >= 0.3 is 0 Å². The molecule has 0 spiro atoms. The largest absolute Gasteiger partial charge is 0.361 e. The Hall–Kier alpha value is -3.70. The van der Waals surface area contributed by atoms with Crippen LogP contribution in [0.4, 0.5) is 0 Å². The molecule has 3 aromatic rings. The van der Waals surface area contributed by atoms with Crippen LogP contribution in [-0.4, -0.2) is 61.0 Å². The second kappa shape index (κ2) is 11.6. The number of carbonyl (C=O) groups is 2. The minimum atomic E-state index is -3.74. The molecule has 0 saturated carbocycles. The van der Waals surface area contributed by atoms with Gasteiger partial charge in [0.05, 0.1) is 4.90 Å². The molecule has 2 heterocycles. The normalized spacial score (nSPS) is 14.4. The maximum atomic E-state index is 13.2. The summed E-state index contributed by atoms with van der Waals surface area (Å²) in [5.74, 6) is -0.283. The van der Waals surface area contributed by atoms with E-state index in [4.69, 9.17) is 0 Å². The number of fused-ring (bicyclic) bond motifs is 1. The number of aromatic nitrogens is 1. The van der Waals surface area contributed by atoms with Gasteiger partial charge in [0.1, 0.15) is 11.9 Å². The highest BCUT2D eigenvalue weighted by Crippen LogP contribution is 2.20. The molecule has 0 fully saturated rings. The molecule has 0 saturated heterocycles. The zero-order chi connectivity index (χ0) is 26.4. The van der Waals surface area contributed by atoms with Gasteiger partial charge in [0.15, 0.2) is 0 Å². The minimum Gasteiger partial charge on any atom is -0.361 e. The van der Waals surface area contributed by atoms with Crippen LogP contribution in [0.3, 0.4) is 0 Å².